The molecule has 0 atom stereocenters. The van der Waals surface area contributed by atoms with Gasteiger partial charge in [0.1, 0.15) is 0 Å². The lowest BCUT2D eigenvalue weighted by molar-refractivity contribution is 0.538. The quantitative estimate of drug-likeness (QED) is 0.640. The number of unbranched alkanes of at least 4 members (excludes halogenated alkanes) is 1. The Morgan fingerprint density at radius 2 is 1.82 bits per heavy atom. The Labute approximate surface area is 115 Å². The van der Waals surface area contributed by atoms with E-state index in [4.69, 9.17) is 23.2 Å². The molecule has 0 aliphatic heterocycles. The van der Waals surface area contributed by atoms with Crippen LogP contribution in [0.4, 0.5) is 5.69 Å². The molecule has 3 heteroatoms. The van der Waals surface area contributed by atoms with Gasteiger partial charge in [-0.3, -0.25) is 0 Å². The van der Waals surface area contributed by atoms with Crippen LogP contribution in [0.3, 0.4) is 0 Å². The molecule has 0 amide bonds. The van der Waals surface area contributed by atoms with Crippen LogP contribution in [0.1, 0.15) is 33.1 Å². The maximum absolute atomic E-state index is 6.00. The molecule has 96 valence electrons. The first kappa shape index (κ1) is 14.7. The van der Waals surface area contributed by atoms with Crippen LogP contribution in [0.25, 0.3) is 0 Å². The van der Waals surface area contributed by atoms with Crippen molar-refractivity contribution in [3.05, 3.63) is 28.2 Å². The highest BCUT2D eigenvalue weighted by molar-refractivity contribution is 6.42. The number of hydrogen-bond donors (Lipinski definition) is 0. The van der Waals surface area contributed by atoms with Gasteiger partial charge in [0.2, 0.25) is 0 Å². The first-order valence-electron chi connectivity index (χ1n) is 6.17. The van der Waals surface area contributed by atoms with Gasteiger partial charge in [-0.1, -0.05) is 49.9 Å². The summed E-state index contributed by atoms with van der Waals surface area (Å²) in [5, 5.41) is 1.24. The van der Waals surface area contributed by atoms with Crippen molar-refractivity contribution >= 4 is 28.9 Å². The summed E-state index contributed by atoms with van der Waals surface area (Å²) in [6, 6.07) is 5.78. The van der Waals surface area contributed by atoms with Crippen LogP contribution in [0.2, 0.25) is 10.0 Å². The number of benzene rings is 1. The van der Waals surface area contributed by atoms with E-state index in [1.807, 2.05) is 18.2 Å². The number of hydrogen-bond acceptors (Lipinski definition) is 1. The van der Waals surface area contributed by atoms with Gasteiger partial charge in [-0.05, 0) is 30.5 Å². The Bertz CT molecular complexity index is 350. The number of rotatable bonds is 6. The van der Waals surface area contributed by atoms with Gasteiger partial charge >= 0.3 is 0 Å². The highest BCUT2D eigenvalue weighted by Gasteiger charge is 2.04. The Morgan fingerprint density at radius 1 is 1.12 bits per heavy atom. The first-order chi connectivity index (χ1) is 8.00. The molecule has 0 aliphatic carbocycles. The monoisotopic (exact) mass is 273 g/mol. The molecule has 1 nitrogen and oxygen atoms in total. The summed E-state index contributed by atoms with van der Waals surface area (Å²) in [5.74, 6) is 0.797. The Balaban J connectivity index is 2.41. The van der Waals surface area contributed by atoms with Crippen molar-refractivity contribution in [1.82, 2.24) is 0 Å². The molecule has 1 aromatic carbocycles. The number of anilines is 1. The van der Waals surface area contributed by atoms with Crippen LogP contribution in [0.15, 0.2) is 18.2 Å². The second kappa shape index (κ2) is 7.13. The summed E-state index contributed by atoms with van der Waals surface area (Å²) >= 11 is 11.9. The van der Waals surface area contributed by atoms with Crippen LogP contribution in [0.5, 0.6) is 0 Å². The molecule has 0 heterocycles. The molecular formula is C14H21Cl2N. The van der Waals surface area contributed by atoms with Gasteiger partial charge in [0.05, 0.1) is 10.0 Å². The van der Waals surface area contributed by atoms with Crippen molar-refractivity contribution in [2.24, 2.45) is 5.92 Å². The zero-order valence-corrected chi connectivity index (χ0v) is 12.4. The van der Waals surface area contributed by atoms with Crippen LogP contribution in [0, 0.1) is 5.92 Å². The highest BCUT2D eigenvalue weighted by Crippen LogP contribution is 2.26. The molecule has 0 aliphatic rings. The van der Waals surface area contributed by atoms with Gasteiger partial charge in [-0.25, -0.2) is 0 Å². The zero-order chi connectivity index (χ0) is 12.8. The van der Waals surface area contributed by atoms with Crippen LogP contribution in [-0.4, -0.2) is 13.6 Å². The smallest absolute Gasteiger partial charge is 0.0612 e. The maximum Gasteiger partial charge on any atom is 0.0612 e. The van der Waals surface area contributed by atoms with Crippen molar-refractivity contribution in [2.45, 2.75) is 33.1 Å². The van der Waals surface area contributed by atoms with Crippen LogP contribution in [-0.2, 0) is 0 Å². The van der Waals surface area contributed by atoms with Crippen molar-refractivity contribution in [1.29, 1.82) is 0 Å². The van der Waals surface area contributed by atoms with Crippen LogP contribution < -0.4 is 4.90 Å². The molecule has 0 spiro atoms. The Morgan fingerprint density at radius 3 is 2.41 bits per heavy atom. The van der Waals surface area contributed by atoms with E-state index in [1.54, 1.807) is 0 Å². The second-order valence-corrected chi connectivity index (χ2v) is 5.72. The molecule has 0 bridgehead atoms. The lowest BCUT2D eigenvalue weighted by Crippen LogP contribution is -2.18. The van der Waals surface area contributed by atoms with E-state index >= 15 is 0 Å². The Kier molecular flexibility index (Phi) is 6.15. The molecule has 17 heavy (non-hydrogen) atoms. The largest absolute Gasteiger partial charge is 0.375 e. The predicted molar refractivity (Wildman–Crippen MR) is 78.4 cm³/mol. The third-order valence-corrected chi connectivity index (χ3v) is 3.61. The van der Waals surface area contributed by atoms with Crippen molar-refractivity contribution in [2.75, 3.05) is 18.5 Å². The maximum atomic E-state index is 6.00. The van der Waals surface area contributed by atoms with E-state index in [1.165, 1.54) is 19.3 Å². The molecule has 0 fully saturated rings. The molecule has 0 N–H and O–H groups in total. The molecular weight excluding hydrogens is 253 g/mol. The van der Waals surface area contributed by atoms with E-state index < -0.39 is 0 Å². The van der Waals surface area contributed by atoms with Crippen molar-refractivity contribution in [3.8, 4) is 0 Å². The molecule has 1 rings (SSSR count). The third kappa shape index (κ3) is 5.18. The topological polar surface area (TPSA) is 3.24 Å². The summed E-state index contributed by atoms with van der Waals surface area (Å²) in [6.07, 6.45) is 3.80. The minimum absolute atomic E-state index is 0.614. The van der Waals surface area contributed by atoms with E-state index in [2.05, 4.69) is 25.8 Å². The molecule has 0 radical (unpaired) electrons. The molecule has 0 unspecified atom stereocenters. The highest BCUT2D eigenvalue weighted by atomic mass is 35.5. The minimum atomic E-state index is 0.614. The van der Waals surface area contributed by atoms with Crippen LogP contribution >= 0.6 is 23.2 Å². The lowest BCUT2D eigenvalue weighted by atomic mass is 10.1. The van der Waals surface area contributed by atoms with Gasteiger partial charge in [-0.2, -0.15) is 0 Å². The third-order valence-electron chi connectivity index (χ3n) is 2.87. The standard InChI is InChI=1S/C14H21Cl2N/c1-11(2)6-4-5-9-17(3)12-7-8-13(15)14(16)10-12/h7-8,10-11H,4-6,9H2,1-3H3. The summed E-state index contributed by atoms with van der Waals surface area (Å²) in [7, 11) is 2.09. The summed E-state index contributed by atoms with van der Waals surface area (Å²) < 4.78 is 0. The molecule has 0 aromatic heterocycles. The SMILES string of the molecule is CC(C)CCCCN(C)c1ccc(Cl)c(Cl)c1. The van der Waals surface area contributed by atoms with Gasteiger partial charge in [0.25, 0.3) is 0 Å². The van der Waals surface area contributed by atoms with E-state index in [0.717, 1.165) is 18.2 Å². The zero-order valence-electron chi connectivity index (χ0n) is 10.8. The normalized spacial score (nSPS) is 10.9. The summed E-state index contributed by atoms with van der Waals surface area (Å²) in [5.41, 5.74) is 1.13. The first-order valence-corrected chi connectivity index (χ1v) is 6.92. The van der Waals surface area contributed by atoms with E-state index in [0.29, 0.717) is 10.0 Å². The number of halogens is 2. The summed E-state index contributed by atoms with van der Waals surface area (Å²) in [6.45, 7) is 5.59. The summed E-state index contributed by atoms with van der Waals surface area (Å²) in [4.78, 5) is 2.22. The second-order valence-electron chi connectivity index (χ2n) is 4.91. The van der Waals surface area contributed by atoms with Gasteiger partial charge in [0.15, 0.2) is 0 Å². The minimum Gasteiger partial charge on any atom is -0.375 e. The molecule has 0 saturated carbocycles. The Hall–Kier alpha value is -0.400. The molecule has 0 saturated heterocycles. The molecule has 1 aromatic rings. The fraction of sp³-hybridized carbons (Fsp3) is 0.571. The predicted octanol–water partition coefficient (Wildman–Crippen LogP) is 5.26. The lowest BCUT2D eigenvalue weighted by Gasteiger charge is -2.20. The fourth-order valence-corrected chi connectivity index (χ4v) is 2.05. The van der Waals surface area contributed by atoms with Crippen molar-refractivity contribution in [3.63, 3.8) is 0 Å². The van der Waals surface area contributed by atoms with E-state index in [-0.39, 0.29) is 0 Å². The van der Waals surface area contributed by atoms with Gasteiger partial charge < -0.3 is 4.90 Å². The fourth-order valence-electron chi connectivity index (χ4n) is 1.75. The number of nitrogens with zero attached hydrogens (tertiary/aromatic N) is 1. The van der Waals surface area contributed by atoms with E-state index in [9.17, 15) is 0 Å². The average Bonchev–Trinajstić information content (AvgIpc) is 2.27. The van der Waals surface area contributed by atoms with Crippen molar-refractivity contribution < 1.29 is 0 Å². The average molecular weight is 274 g/mol. The van der Waals surface area contributed by atoms with Gasteiger partial charge in [0, 0.05) is 19.3 Å². The van der Waals surface area contributed by atoms with Gasteiger partial charge in [-0.15, -0.1) is 0 Å².